The van der Waals surface area contributed by atoms with Crippen LogP contribution in [0.1, 0.15) is 45.2 Å². The third-order valence-electron chi connectivity index (χ3n) is 18.6. The SMILES string of the molecule is c1ccc(-n2c3ccccc3c3c4c(ccc32)C2c3ccccc3C4c3c2ccc2c3c3ccccc3n2-c2nc(-c3cccc([Si](c4ccccc4)(c4ccccc4)c4ccccc4)c3)cc(-n3c4ccccc4c4ccccc43)n2)cc1. The molecule has 0 fully saturated rings. The van der Waals surface area contributed by atoms with Crippen molar-refractivity contribution in [2.24, 2.45) is 0 Å². The predicted molar refractivity (Wildman–Crippen MR) is 349 cm³/mol. The number of benzene rings is 12. The van der Waals surface area contributed by atoms with Crippen LogP contribution in [0, 0.1) is 0 Å². The lowest BCUT2D eigenvalue weighted by Gasteiger charge is -2.43. The summed E-state index contributed by atoms with van der Waals surface area (Å²) in [5, 5.41) is 12.7. The van der Waals surface area contributed by atoms with E-state index in [-0.39, 0.29) is 11.8 Å². The van der Waals surface area contributed by atoms with Gasteiger partial charge >= 0.3 is 0 Å². The number of fused-ring (bicyclic) bond motifs is 9. The van der Waals surface area contributed by atoms with Crippen molar-refractivity contribution in [3.8, 4) is 28.7 Å². The van der Waals surface area contributed by atoms with Crippen LogP contribution in [0.3, 0.4) is 0 Å². The third-order valence-corrected chi connectivity index (χ3v) is 23.4. The Bertz CT molecular complexity index is 5180. The highest BCUT2D eigenvalue weighted by atomic mass is 28.3. The second-order valence-electron chi connectivity index (χ2n) is 22.7. The molecule has 4 aromatic heterocycles. The zero-order chi connectivity index (χ0) is 55.0. The molecular weight excluding hydrogens is 1030 g/mol. The predicted octanol–water partition coefficient (Wildman–Crippen LogP) is 15.8. The van der Waals surface area contributed by atoms with Crippen molar-refractivity contribution in [1.82, 2.24) is 23.7 Å². The quantitative estimate of drug-likeness (QED) is 0.112. The average Bonchev–Trinajstić information content (AvgIpc) is 1.93. The number of aromatic nitrogens is 5. The summed E-state index contributed by atoms with van der Waals surface area (Å²) in [6.07, 6.45) is 0. The molecule has 2 unspecified atom stereocenters. The molecule has 0 saturated carbocycles. The van der Waals surface area contributed by atoms with E-state index >= 15 is 0 Å². The fourth-order valence-corrected chi connectivity index (χ4v) is 20.1. The van der Waals surface area contributed by atoms with E-state index in [9.17, 15) is 0 Å². The van der Waals surface area contributed by atoms with Crippen LogP contribution in [0.15, 0.2) is 297 Å². The maximum absolute atomic E-state index is 5.85. The molecule has 0 saturated heterocycles. The summed E-state index contributed by atoms with van der Waals surface area (Å²) >= 11 is 0. The normalized spacial score (nSPS) is 14.4. The van der Waals surface area contributed by atoms with Crippen molar-refractivity contribution in [3.05, 3.63) is 331 Å². The molecule has 0 spiro atoms. The second-order valence-corrected chi connectivity index (χ2v) is 26.5. The summed E-state index contributed by atoms with van der Waals surface area (Å²) < 4.78 is 7.18. The Morgan fingerprint density at radius 3 is 1.26 bits per heavy atom. The second kappa shape index (κ2) is 18.2. The first-order valence-electron chi connectivity index (χ1n) is 29.1. The van der Waals surface area contributed by atoms with Crippen LogP contribution in [0.4, 0.5) is 0 Å². The molecule has 5 nitrogen and oxygen atoms in total. The fourth-order valence-electron chi connectivity index (χ4n) is 15.3. The van der Waals surface area contributed by atoms with E-state index in [1.807, 2.05) is 0 Å². The van der Waals surface area contributed by atoms with Crippen LogP contribution in [-0.4, -0.2) is 31.7 Å². The van der Waals surface area contributed by atoms with Gasteiger partial charge in [-0.3, -0.25) is 9.13 Å². The summed E-state index contributed by atoms with van der Waals surface area (Å²) in [7, 11) is -2.92. The van der Waals surface area contributed by atoms with Crippen molar-refractivity contribution in [3.63, 3.8) is 0 Å². The Balaban J connectivity index is 0.919. The van der Waals surface area contributed by atoms with Gasteiger partial charge in [-0.25, -0.2) is 4.98 Å². The van der Waals surface area contributed by atoms with Gasteiger partial charge in [0.15, 0.2) is 8.07 Å². The standard InChI is InChI=1S/C78H51N5Si/c1-5-25-51(26-6-1)81-67-42-21-17-38-60(67)73-69(81)46-44-62-72-58-36-13-14-37-59(58)75(76(62)73)77-63(72)45-47-70-74(77)61-39-18-22-43-68(61)83(70)78-79-64(49-71(80-78)82-65-40-19-15-34-56(65)57-35-16-20-41-66(57)82)50-24-23-33-55(48-50)84(52-27-7-2-8-28-52,53-29-9-3-10-30-53)54-31-11-4-12-32-54/h1-49,72,75H. The number of para-hydroxylation sites is 5. The maximum atomic E-state index is 5.85. The molecule has 3 aliphatic carbocycles. The molecule has 6 heteroatoms. The average molecular weight is 1090 g/mol. The highest BCUT2D eigenvalue weighted by Crippen LogP contribution is 2.60. The van der Waals surface area contributed by atoms with E-state index < -0.39 is 8.07 Å². The van der Waals surface area contributed by atoms with Gasteiger partial charge in [-0.05, 0) is 103 Å². The molecule has 84 heavy (non-hydrogen) atoms. The fraction of sp³-hybridized carbons (Fsp3) is 0.0256. The molecule has 392 valence electrons. The Hall–Kier alpha value is -10.7. The molecule has 0 radical (unpaired) electrons. The molecule has 0 aliphatic heterocycles. The number of nitrogens with zero attached hydrogens (tertiary/aromatic N) is 5. The van der Waals surface area contributed by atoms with Gasteiger partial charge in [0.05, 0.1) is 38.8 Å². The summed E-state index contributed by atoms with van der Waals surface area (Å²) in [5.74, 6) is 1.44. The minimum absolute atomic E-state index is 0.0377. The summed E-state index contributed by atoms with van der Waals surface area (Å²) in [6, 6.07) is 110. The van der Waals surface area contributed by atoms with Gasteiger partial charge in [-0.15, -0.1) is 0 Å². The van der Waals surface area contributed by atoms with E-state index in [0.29, 0.717) is 5.95 Å². The Morgan fingerprint density at radius 1 is 0.286 bits per heavy atom. The minimum Gasteiger partial charge on any atom is -0.309 e. The zero-order valence-corrected chi connectivity index (χ0v) is 46.7. The van der Waals surface area contributed by atoms with Crippen LogP contribution < -0.4 is 20.7 Å². The Morgan fingerprint density at radius 2 is 0.714 bits per heavy atom. The molecule has 19 rings (SSSR count). The van der Waals surface area contributed by atoms with Crippen LogP contribution >= 0.6 is 0 Å². The van der Waals surface area contributed by atoms with Gasteiger partial charge in [-0.1, -0.05) is 243 Å². The van der Waals surface area contributed by atoms with Gasteiger partial charge < -0.3 is 4.57 Å². The van der Waals surface area contributed by atoms with E-state index in [1.165, 1.54) is 97.5 Å². The molecule has 4 heterocycles. The molecule has 2 bridgehead atoms. The van der Waals surface area contributed by atoms with Crippen LogP contribution in [0.25, 0.3) is 94.1 Å². The van der Waals surface area contributed by atoms with E-state index in [4.69, 9.17) is 9.97 Å². The molecule has 0 N–H and O–H groups in total. The summed E-state index contributed by atoms with van der Waals surface area (Å²) in [4.78, 5) is 11.7. The van der Waals surface area contributed by atoms with E-state index in [1.54, 1.807) is 0 Å². The van der Waals surface area contributed by atoms with Crippen molar-refractivity contribution in [1.29, 1.82) is 0 Å². The van der Waals surface area contributed by atoms with Crippen LogP contribution in [0.5, 0.6) is 0 Å². The van der Waals surface area contributed by atoms with Crippen molar-refractivity contribution >= 4 is 94.2 Å². The maximum Gasteiger partial charge on any atom is 0.237 e. The number of hydrogen-bond donors (Lipinski definition) is 0. The van der Waals surface area contributed by atoms with Gasteiger partial charge in [0.25, 0.3) is 0 Å². The minimum atomic E-state index is -2.92. The first-order chi connectivity index (χ1) is 41.7. The molecule has 0 amide bonds. The third kappa shape index (κ3) is 6.54. The number of hydrogen-bond acceptors (Lipinski definition) is 2. The molecule has 12 aromatic carbocycles. The highest BCUT2D eigenvalue weighted by Gasteiger charge is 2.45. The van der Waals surface area contributed by atoms with E-state index in [0.717, 1.165) is 44.8 Å². The molecule has 16 aromatic rings. The van der Waals surface area contributed by atoms with Gasteiger partial charge in [0.1, 0.15) is 5.82 Å². The Labute approximate surface area is 486 Å². The van der Waals surface area contributed by atoms with Crippen LogP contribution in [-0.2, 0) is 0 Å². The van der Waals surface area contributed by atoms with Gasteiger partial charge in [0, 0.05) is 61.5 Å². The highest BCUT2D eigenvalue weighted by molar-refractivity contribution is 7.19. The largest absolute Gasteiger partial charge is 0.309 e. The zero-order valence-electron chi connectivity index (χ0n) is 45.7. The van der Waals surface area contributed by atoms with Crippen molar-refractivity contribution in [2.75, 3.05) is 0 Å². The summed E-state index contributed by atoms with van der Waals surface area (Å²) in [6.45, 7) is 0. The molecule has 3 aliphatic rings. The van der Waals surface area contributed by atoms with Gasteiger partial charge in [-0.2, -0.15) is 4.98 Å². The molecular formula is C78H51N5Si. The van der Waals surface area contributed by atoms with Crippen molar-refractivity contribution < 1.29 is 0 Å². The number of rotatable bonds is 8. The molecule has 2 atom stereocenters. The topological polar surface area (TPSA) is 40.6 Å². The lowest BCUT2D eigenvalue weighted by atomic mass is 9.59. The summed E-state index contributed by atoms with van der Waals surface area (Å²) in [5.41, 5.74) is 18.1. The Kier molecular flexibility index (Phi) is 10.2. The monoisotopic (exact) mass is 1090 g/mol. The lowest BCUT2D eigenvalue weighted by molar-refractivity contribution is 0.768. The van der Waals surface area contributed by atoms with Gasteiger partial charge in [0.2, 0.25) is 5.95 Å². The van der Waals surface area contributed by atoms with E-state index in [2.05, 4.69) is 311 Å². The smallest absolute Gasteiger partial charge is 0.237 e. The van der Waals surface area contributed by atoms with Crippen LogP contribution in [0.2, 0.25) is 0 Å². The first kappa shape index (κ1) is 47.0. The first-order valence-corrected chi connectivity index (χ1v) is 31.1. The van der Waals surface area contributed by atoms with Crippen molar-refractivity contribution in [2.45, 2.75) is 11.8 Å². The lowest BCUT2D eigenvalue weighted by Crippen LogP contribution is -2.74.